The van der Waals surface area contributed by atoms with Crippen molar-refractivity contribution >= 4 is 16.9 Å². The van der Waals surface area contributed by atoms with E-state index in [4.69, 9.17) is 9.15 Å². The lowest BCUT2D eigenvalue weighted by atomic mass is 9.98. The Morgan fingerprint density at radius 1 is 0.969 bits per heavy atom. The standard InChI is InChI=1S/C26H20FNO4/c1-31-17-12-10-16(11-13-17)14-15-28-23(18-6-2-4-8-20(18)27)22-24(29)19-7-3-5-9-21(19)32-25(22)26(28)30/h2-13,23H,14-15H2,1H3/t23-/m1/s1. The molecule has 0 radical (unpaired) electrons. The molecule has 0 spiro atoms. The molecule has 1 aliphatic heterocycles. The Labute approximate surface area is 183 Å². The first-order chi connectivity index (χ1) is 15.6. The molecule has 1 amide bonds. The second-order valence-corrected chi connectivity index (χ2v) is 7.69. The summed E-state index contributed by atoms with van der Waals surface area (Å²) in [6, 6.07) is 19.7. The van der Waals surface area contributed by atoms with Crippen molar-refractivity contribution in [2.24, 2.45) is 0 Å². The van der Waals surface area contributed by atoms with E-state index in [1.165, 1.54) is 11.0 Å². The Balaban J connectivity index is 1.60. The molecular weight excluding hydrogens is 409 g/mol. The van der Waals surface area contributed by atoms with Crippen LogP contribution in [-0.4, -0.2) is 24.5 Å². The van der Waals surface area contributed by atoms with Crippen molar-refractivity contribution in [3.05, 3.63) is 111 Å². The van der Waals surface area contributed by atoms with Crippen LogP contribution in [0, 0.1) is 5.82 Å². The van der Waals surface area contributed by atoms with Crippen molar-refractivity contribution in [1.82, 2.24) is 4.90 Å². The Morgan fingerprint density at radius 3 is 2.44 bits per heavy atom. The van der Waals surface area contributed by atoms with E-state index < -0.39 is 17.8 Å². The van der Waals surface area contributed by atoms with E-state index in [2.05, 4.69) is 0 Å². The van der Waals surface area contributed by atoms with Crippen LogP contribution in [-0.2, 0) is 6.42 Å². The van der Waals surface area contributed by atoms with Gasteiger partial charge in [0.05, 0.1) is 24.1 Å². The first kappa shape index (κ1) is 20.0. The average Bonchev–Trinajstić information content (AvgIpc) is 3.10. The van der Waals surface area contributed by atoms with Gasteiger partial charge in [0.25, 0.3) is 5.91 Å². The van der Waals surface area contributed by atoms with Gasteiger partial charge in [-0.15, -0.1) is 0 Å². The SMILES string of the molecule is COc1ccc(CCN2C(=O)c3oc4ccccc4c(=O)c3[C@H]2c2ccccc2F)cc1. The summed E-state index contributed by atoms with van der Waals surface area (Å²) in [6.07, 6.45) is 0.530. The van der Waals surface area contributed by atoms with Crippen molar-refractivity contribution in [1.29, 1.82) is 0 Å². The molecule has 3 aromatic carbocycles. The zero-order chi connectivity index (χ0) is 22.2. The third-order valence-electron chi connectivity index (χ3n) is 5.87. The number of halogens is 1. The summed E-state index contributed by atoms with van der Waals surface area (Å²) in [5.74, 6) is -0.161. The number of carbonyl (C=O) groups excluding carboxylic acids is 1. The molecule has 0 unspecified atom stereocenters. The maximum absolute atomic E-state index is 14.8. The number of amides is 1. The minimum absolute atomic E-state index is 0.0170. The topological polar surface area (TPSA) is 59.8 Å². The molecule has 4 aromatic rings. The van der Waals surface area contributed by atoms with Gasteiger partial charge in [-0.05, 0) is 42.3 Å². The molecule has 160 valence electrons. The molecule has 0 saturated heterocycles. The minimum Gasteiger partial charge on any atom is -0.497 e. The average molecular weight is 429 g/mol. The smallest absolute Gasteiger partial charge is 0.290 e. The van der Waals surface area contributed by atoms with Gasteiger partial charge >= 0.3 is 0 Å². The molecule has 32 heavy (non-hydrogen) atoms. The van der Waals surface area contributed by atoms with Crippen LogP contribution >= 0.6 is 0 Å². The van der Waals surface area contributed by atoms with Crippen molar-refractivity contribution < 1.29 is 18.3 Å². The zero-order valence-corrected chi connectivity index (χ0v) is 17.4. The van der Waals surface area contributed by atoms with E-state index in [0.29, 0.717) is 23.9 Å². The number of para-hydroxylation sites is 1. The van der Waals surface area contributed by atoms with E-state index in [9.17, 15) is 14.0 Å². The van der Waals surface area contributed by atoms with Gasteiger partial charge in [0, 0.05) is 12.1 Å². The van der Waals surface area contributed by atoms with Gasteiger partial charge in [0.2, 0.25) is 5.76 Å². The van der Waals surface area contributed by atoms with Gasteiger partial charge in [-0.1, -0.05) is 42.5 Å². The number of carbonyl (C=O) groups is 1. The summed E-state index contributed by atoms with van der Waals surface area (Å²) in [5.41, 5.74) is 1.49. The Bertz CT molecular complexity index is 1380. The summed E-state index contributed by atoms with van der Waals surface area (Å²) >= 11 is 0. The minimum atomic E-state index is -0.849. The number of ether oxygens (including phenoxy) is 1. The fraction of sp³-hybridized carbons (Fsp3) is 0.154. The van der Waals surface area contributed by atoms with Crippen LogP contribution in [0.25, 0.3) is 11.0 Å². The second kappa shape index (κ2) is 7.96. The number of rotatable bonds is 5. The van der Waals surface area contributed by atoms with Crippen LogP contribution < -0.4 is 10.2 Å². The highest BCUT2D eigenvalue weighted by molar-refractivity contribution is 5.99. The van der Waals surface area contributed by atoms with Gasteiger partial charge in [-0.25, -0.2) is 4.39 Å². The molecule has 0 N–H and O–H groups in total. The summed E-state index contributed by atoms with van der Waals surface area (Å²) in [5, 5.41) is 0.373. The predicted molar refractivity (Wildman–Crippen MR) is 118 cm³/mol. The number of nitrogens with zero attached hydrogens (tertiary/aromatic N) is 1. The fourth-order valence-electron chi connectivity index (χ4n) is 4.26. The Kier molecular flexibility index (Phi) is 4.98. The largest absolute Gasteiger partial charge is 0.497 e. The molecule has 6 heteroatoms. The fourth-order valence-corrected chi connectivity index (χ4v) is 4.26. The van der Waals surface area contributed by atoms with Crippen LogP contribution in [0.15, 0.2) is 82.0 Å². The molecule has 1 atom stereocenters. The predicted octanol–water partition coefficient (Wildman–Crippen LogP) is 4.73. The molecule has 0 saturated carbocycles. The van der Waals surface area contributed by atoms with Crippen LogP contribution in [0.1, 0.15) is 33.3 Å². The maximum atomic E-state index is 14.8. The molecule has 2 heterocycles. The molecule has 0 bridgehead atoms. The lowest BCUT2D eigenvalue weighted by Gasteiger charge is -2.25. The molecule has 5 nitrogen and oxygen atoms in total. The number of hydrogen-bond acceptors (Lipinski definition) is 4. The third-order valence-corrected chi connectivity index (χ3v) is 5.87. The first-order valence-corrected chi connectivity index (χ1v) is 10.3. The quantitative estimate of drug-likeness (QED) is 0.460. The molecule has 1 aliphatic rings. The van der Waals surface area contributed by atoms with Gasteiger partial charge < -0.3 is 14.1 Å². The van der Waals surface area contributed by atoms with E-state index in [1.54, 1.807) is 49.6 Å². The Hall–Kier alpha value is -3.93. The molecular formula is C26H20FNO4. The zero-order valence-electron chi connectivity index (χ0n) is 17.4. The lowest BCUT2D eigenvalue weighted by Crippen LogP contribution is -2.32. The number of benzene rings is 3. The molecule has 0 fully saturated rings. The van der Waals surface area contributed by atoms with Crippen LogP contribution in [0.4, 0.5) is 4.39 Å². The number of hydrogen-bond donors (Lipinski definition) is 0. The highest BCUT2D eigenvalue weighted by Gasteiger charge is 2.43. The van der Waals surface area contributed by atoms with Crippen LogP contribution in [0.5, 0.6) is 5.75 Å². The van der Waals surface area contributed by atoms with E-state index >= 15 is 0 Å². The summed E-state index contributed by atoms with van der Waals surface area (Å²) in [4.78, 5) is 28.3. The highest BCUT2D eigenvalue weighted by atomic mass is 19.1. The Morgan fingerprint density at radius 2 is 1.69 bits per heavy atom. The van der Waals surface area contributed by atoms with Crippen LogP contribution in [0.3, 0.4) is 0 Å². The van der Waals surface area contributed by atoms with E-state index in [1.807, 2.05) is 24.3 Å². The van der Waals surface area contributed by atoms with Gasteiger partial charge in [-0.2, -0.15) is 0 Å². The lowest BCUT2D eigenvalue weighted by molar-refractivity contribution is 0.0728. The second-order valence-electron chi connectivity index (χ2n) is 7.69. The number of fused-ring (bicyclic) bond motifs is 2. The number of methoxy groups -OCH3 is 1. The van der Waals surface area contributed by atoms with Gasteiger partial charge in [-0.3, -0.25) is 9.59 Å². The van der Waals surface area contributed by atoms with Crippen molar-refractivity contribution in [2.45, 2.75) is 12.5 Å². The maximum Gasteiger partial charge on any atom is 0.290 e. The summed E-state index contributed by atoms with van der Waals surface area (Å²) in [6.45, 7) is 0.296. The summed E-state index contributed by atoms with van der Waals surface area (Å²) < 4.78 is 25.9. The van der Waals surface area contributed by atoms with Crippen molar-refractivity contribution in [2.75, 3.05) is 13.7 Å². The molecule has 1 aromatic heterocycles. The van der Waals surface area contributed by atoms with Crippen LogP contribution in [0.2, 0.25) is 0 Å². The van der Waals surface area contributed by atoms with Crippen molar-refractivity contribution in [3.63, 3.8) is 0 Å². The van der Waals surface area contributed by atoms with Crippen molar-refractivity contribution in [3.8, 4) is 5.75 Å². The molecule has 5 rings (SSSR count). The van der Waals surface area contributed by atoms with E-state index in [0.717, 1.165) is 11.3 Å². The normalized spacial score (nSPS) is 15.2. The third kappa shape index (κ3) is 3.24. The monoisotopic (exact) mass is 429 g/mol. The first-order valence-electron chi connectivity index (χ1n) is 10.3. The van der Waals surface area contributed by atoms with Gasteiger partial charge in [0.1, 0.15) is 17.1 Å². The van der Waals surface area contributed by atoms with Gasteiger partial charge in [0.15, 0.2) is 5.43 Å². The van der Waals surface area contributed by atoms with E-state index in [-0.39, 0.29) is 22.3 Å². The molecule has 0 aliphatic carbocycles. The summed E-state index contributed by atoms with van der Waals surface area (Å²) in [7, 11) is 1.60. The highest BCUT2D eigenvalue weighted by Crippen LogP contribution is 2.39.